The molecule has 8 atom stereocenters. The largest absolute Gasteiger partial charge is 0.481 e. The van der Waals surface area contributed by atoms with E-state index in [0.29, 0.717) is 32.1 Å². The van der Waals surface area contributed by atoms with E-state index in [1.165, 1.54) is 0 Å². The van der Waals surface area contributed by atoms with Gasteiger partial charge in [-0.2, -0.15) is 0 Å². The van der Waals surface area contributed by atoms with Crippen LogP contribution in [-0.4, -0.2) is 28.4 Å². The number of rotatable bonds is 4. The van der Waals surface area contributed by atoms with Gasteiger partial charge in [-0.05, 0) is 60.7 Å². The van der Waals surface area contributed by atoms with Gasteiger partial charge in [0, 0.05) is 43.4 Å². The van der Waals surface area contributed by atoms with Gasteiger partial charge < -0.3 is 5.11 Å². The average molecular weight is 403 g/mol. The summed E-state index contributed by atoms with van der Waals surface area (Å²) in [5.74, 6) is 0.524. The smallest absolute Gasteiger partial charge is 0.303 e. The van der Waals surface area contributed by atoms with Crippen LogP contribution in [0, 0.1) is 46.3 Å². The van der Waals surface area contributed by atoms with Crippen molar-refractivity contribution in [3.63, 3.8) is 0 Å². The summed E-state index contributed by atoms with van der Waals surface area (Å²) in [6.45, 7) is 6.37. The second-order valence-electron chi connectivity index (χ2n) is 10.9. The number of Topliss-reactive ketones (excluding diaryl/α,β-unsaturated/α-hetero) is 3. The number of carboxylic acids is 1. The lowest BCUT2D eigenvalue weighted by Gasteiger charge is -2.58. The molecule has 0 aliphatic heterocycles. The molecule has 0 heterocycles. The number of carbonyl (C=O) groups is 4. The van der Waals surface area contributed by atoms with Crippen molar-refractivity contribution < 1.29 is 24.3 Å². The van der Waals surface area contributed by atoms with Crippen LogP contribution in [0.3, 0.4) is 0 Å². The Bertz CT molecular complexity index is 756. The van der Waals surface area contributed by atoms with Crippen molar-refractivity contribution in [2.75, 3.05) is 0 Å². The number of carboxylic acid groups (broad SMARTS) is 1. The molecule has 4 rings (SSSR count). The van der Waals surface area contributed by atoms with Gasteiger partial charge in [0.25, 0.3) is 0 Å². The minimum Gasteiger partial charge on any atom is -0.481 e. The number of hydrogen-bond acceptors (Lipinski definition) is 4. The van der Waals surface area contributed by atoms with Crippen LogP contribution in [0.5, 0.6) is 0 Å². The third-order valence-corrected chi connectivity index (χ3v) is 9.72. The van der Waals surface area contributed by atoms with Crippen LogP contribution in [0.25, 0.3) is 0 Å². The lowest BCUT2D eigenvalue weighted by Crippen LogP contribution is -2.60. The molecule has 0 aromatic rings. The molecule has 4 aliphatic carbocycles. The molecule has 5 nitrogen and oxygen atoms in total. The van der Waals surface area contributed by atoms with E-state index in [4.69, 9.17) is 5.11 Å². The zero-order valence-electron chi connectivity index (χ0n) is 17.9. The maximum absolute atomic E-state index is 13.6. The molecule has 0 bridgehead atoms. The molecule has 0 saturated heterocycles. The molecule has 1 N–H and O–H groups in total. The molecule has 0 amide bonds. The number of carbonyl (C=O) groups excluding carboxylic acids is 3. The quantitative estimate of drug-likeness (QED) is 0.766. The highest BCUT2D eigenvalue weighted by Crippen LogP contribution is 2.66. The number of aliphatic carboxylic acids is 1. The Kier molecular flexibility index (Phi) is 5.02. The van der Waals surface area contributed by atoms with Crippen LogP contribution in [0.4, 0.5) is 0 Å². The molecule has 4 fully saturated rings. The molecule has 0 radical (unpaired) electrons. The minimum atomic E-state index is -0.792. The Labute approximate surface area is 173 Å². The van der Waals surface area contributed by atoms with Crippen molar-refractivity contribution in [1.29, 1.82) is 0 Å². The summed E-state index contributed by atoms with van der Waals surface area (Å²) in [7, 11) is 0. The lowest BCUT2D eigenvalue weighted by molar-refractivity contribution is -0.166. The van der Waals surface area contributed by atoms with E-state index in [2.05, 4.69) is 20.8 Å². The van der Waals surface area contributed by atoms with Crippen LogP contribution in [0.15, 0.2) is 0 Å². The Morgan fingerprint density at radius 1 is 1.10 bits per heavy atom. The second kappa shape index (κ2) is 7.02. The van der Waals surface area contributed by atoms with Gasteiger partial charge in [0.15, 0.2) is 0 Å². The monoisotopic (exact) mass is 402 g/mol. The van der Waals surface area contributed by atoms with Crippen LogP contribution in [0.2, 0.25) is 0 Å². The molecular formula is C24H34O5. The van der Waals surface area contributed by atoms with Gasteiger partial charge in [-0.25, -0.2) is 0 Å². The van der Waals surface area contributed by atoms with Crippen molar-refractivity contribution in [3.8, 4) is 0 Å². The Hall–Kier alpha value is -1.52. The summed E-state index contributed by atoms with van der Waals surface area (Å²) in [6, 6.07) is 0. The van der Waals surface area contributed by atoms with Gasteiger partial charge in [-0.15, -0.1) is 0 Å². The summed E-state index contributed by atoms with van der Waals surface area (Å²) in [6.07, 6.45) is 5.33. The van der Waals surface area contributed by atoms with E-state index >= 15 is 0 Å². The van der Waals surface area contributed by atoms with E-state index in [1.807, 2.05) is 0 Å². The predicted octanol–water partition coefficient (Wildman–Crippen LogP) is 4.07. The molecule has 0 aromatic carbocycles. The van der Waals surface area contributed by atoms with Crippen LogP contribution < -0.4 is 0 Å². The molecule has 29 heavy (non-hydrogen) atoms. The van der Waals surface area contributed by atoms with E-state index in [1.54, 1.807) is 0 Å². The molecule has 5 heteroatoms. The van der Waals surface area contributed by atoms with Crippen molar-refractivity contribution in [2.24, 2.45) is 46.3 Å². The summed E-state index contributed by atoms with van der Waals surface area (Å²) in [5.41, 5.74) is -0.598. The van der Waals surface area contributed by atoms with E-state index in [0.717, 1.165) is 19.3 Å². The summed E-state index contributed by atoms with van der Waals surface area (Å²) in [5, 5.41) is 9.06. The van der Waals surface area contributed by atoms with Gasteiger partial charge in [0.2, 0.25) is 0 Å². The predicted molar refractivity (Wildman–Crippen MR) is 107 cm³/mol. The number of ketones is 3. The molecule has 0 aromatic heterocycles. The van der Waals surface area contributed by atoms with Crippen molar-refractivity contribution in [1.82, 2.24) is 0 Å². The fourth-order valence-corrected chi connectivity index (χ4v) is 7.94. The van der Waals surface area contributed by atoms with Crippen molar-refractivity contribution in [2.45, 2.75) is 78.6 Å². The number of fused-ring (bicyclic) bond motifs is 5. The highest BCUT2D eigenvalue weighted by molar-refractivity contribution is 5.93. The first-order valence-corrected chi connectivity index (χ1v) is 11.4. The fraction of sp³-hybridized carbons (Fsp3) is 0.833. The fourth-order valence-electron chi connectivity index (χ4n) is 7.94. The van der Waals surface area contributed by atoms with Gasteiger partial charge >= 0.3 is 5.97 Å². The normalized spacial score (nSPS) is 45.3. The third kappa shape index (κ3) is 3.02. The van der Waals surface area contributed by atoms with Gasteiger partial charge in [0.05, 0.1) is 0 Å². The van der Waals surface area contributed by atoms with Gasteiger partial charge in [-0.1, -0.05) is 20.8 Å². The molecule has 0 unspecified atom stereocenters. The Morgan fingerprint density at radius 2 is 1.83 bits per heavy atom. The summed E-state index contributed by atoms with van der Waals surface area (Å²) >= 11 is 0. The van der Waals surface area contributed by atoms with E-state index in [9.17, 15) is 19.2 Å². The van der Waals surface area contributed by atoms with Gasteiger partial charge in [0.1, 0.15) is 17.3 Å². The molecular weight excluding hydrogens is 368 g/mol. The van der Waals surface area contributed by atoms with Crippen LogP contribution >= 0.6 is 0 Å². The SMILES string of the molecule is C[C@@H](CCC(=O)O)[C@H]1CC[C@H]2[C@H]3C(=O)C[C@@H]4CC(=O)CC[C@]4(C)[C@@H]3CC(=O)[C@]12C. The van der Waals surface area contributed by atoms with E-state index in [-0.39, 0.29) is 64.7 Å². The first kappa shape index (κ1) is 20.7. The molecule has 4 aliphatic rings. The van der Waals surface area contributed by atoms with E-state index < -0.39 is 11.4 Å². The van der Waals surface area contributed by atoms with Crippen LogP contribution in [0.1, 0.15) is 78.6 Å². The zero-order valence-corrected chi connectivity index (χ0v) is 17.9. The first-order chi connectivity index (χ1) is 13.6. The standard InChI is InChI=1S/C24H34O5/c1-13(4-7-21(28)29)16-5-6-17-22-18(12-20(27)24(16,17)3)23(2)9-8-15(25)10-14(23)11-19(22)26/h13-14,16-18,22H,4-12H2,1-3H3,(H,28,29)/t13-,14-,16+,17-,18+,22+,23-,24+/m0/s1. The summed E-state index contributed by atoms with van der Waals surface area (Å²) < 4.78 is 0. The molecule has 4 saturated carbocycles. The summed E-state index contributed by atoms with van der Waals surface area (Å²) in [4.78, 5) is 50.0. The third-order valence-electron chi connectivity index (χ3n) is 9.72. The zero-order chi connectivity index (χ0) is 21.1. The number of hydrogen-bond donors (Lipinski definition) is 1. The van der Waals surface area contributed by atoms with Crippen LogP contribution in [-0.2, 0) is 19.2 Å². The maximum Gasteiger partial charge on any atom is 0.303 e. The molecule has 0 spiro atoms. The lowest BCUT2D eigenvalue weighted by atomic mass is 9.44. The highest BCUT2D eigenvalue weighted by atomic mass is 16.4. The Morgan fingerprint density at radius 3 is 2.52 bits per heavy atom. The van der Waals surface area contributed by atoms with Crippen molar-refractivity contribution in [3.05, 3.63) is 0 Å². The topological polar surface area (TPSA) is 88.5 Å². The minimum absolute atomic E-state index is 0.0659. The maximum atomic E-state index is 13.6. The first-order valence-electron chi connectivity index (χ1n) is 11.4. The van der Waals surface area contributed by atoms with Crippen molar-refractivity contribution >= 4 is 23.3 Å². The Balaban J connectivity index is 1.63. The molecule has 160 valence electrons. The second-order valence-corrected chi connectivity index (χ2v) is 10.9. The van der Waals surface area contributed by atoms with Gasteiger partial charge in [-0.3, -0.25) is 19.2 Å². The average Bonchev–Trinajstić information content (AvgIpc) is 3.01. The highest BCUT2D eigenvalue weighted by Gasteiger charge is 2.66.